The van der Waals surface area contributed by atoms with Crippen LogP contribution in [0.4, 0.5) is 5.13 Å². The van der Waals surface area contributed by atoms with Crippen LogP contribution in [0.2, 0.25) is 0 Å². The van der Waals surface area contributed by atoms with Gasteiger partial charge in [0, 0.05) is 29.0 Å². The zero-order chi connectivity index (χ0) is 21.0. The number of nitrogens with one attached hydrogen (secondary N) is 2. The highest BCUT2D eigenvalue weighted by Crippen LogP contribution is 2.24. The lowest BCUT2D eigenvalue weighted by Gasteiger charge is -2.17. The number of hydrogen-bond donors (Lipinski definition) is 2. The lowest BCUT2D eigenvalue weighted by molar-refractivity contribution is -0.118. The molecule has 154 valence electrons. The highest BCUT2D eigenvalue weighted by atomic mass is 32.2. The summed E-state index contributed by atoms with van der Waals surface area (Å²) in [4.78, 5) is 30.9. The zero-order valence-electron chi connectivity index (χ0n) is 16.8. The number of aromatic nitrogens is 2. The molecule has 0 aliphatic heterocycles. The first-order valence-corrected chi connectivity index (χ1v) is 11.3. The molecule has 0 radical (unpaired) electrons. The van der Waals surface area contributed by atoms with Crippen LogP contribution in [0.15, 0.2) is 30.5 Å². The fourth-order valence-electron chi connectivity index (χ4n) is 3.01. The summed E-state index contributed by atoms with van der Waals surface area (Å²) in [6.07, 6.45) is 4.21. The molecule has 2 N–H and O–H groups in total. The predicted molar refractivity (Wildman–Crippen MR) is 119 cm³/mol. The van der Waals surface area contributed by atoms with Crippen molar-refractivity contribution in [3.8, 4) is 5.75 Å². The van der Waals surface area contributed by atoms with Crippen LogP contribution in [0, 0.1) is 6.92 Å². The number of carbonyl (C=O) groups is 2. The molecule has 2 heterocycles. The molecule has 0 spiro atoms. The first kappa shape index (κ1) is 21.2. The van der Waals surface area contributed by atoms with Crippen molar-refractivity contribution in [3.63, 3.8) is 0 Å². The molecule has 0 saturated carbocycles. The average Bonchev–Trinajstić information content (AvgIpc) is 3.27. The SMILES string of the molecule is COc1ccc2c(c1)cc(C(=O)NC(CCSC)C(=O)Nc1ncc(C)s1)n2C. The van der Waals surface area contributed by atoms with Crippen LogP contribution in [0.3, 0.4) is 0 Å². The average molecular weight is 433 g/mol. The summed E-state index contributed by atoms with van der Waals surface area (Å²) in [5.41, 5.74) is 1.40. The Morgan fingerprint density at radius 3 is 2.79 bits per heavy atom. The largest absolute Gasteiger partial charge is 0.497 e. The maximum atomic E-state index is 13.0. The molecule has 2 aromatic heterocycles. The first-order chi connectivity index (χ1) is 13.9. The van der Waals surface area contributed by atoms with Gasteiger partial charge in [0.25, 0.3) is 5.91 Å². The van der Waals surface area contributed by atoms with Crippen LogP contribution in [0.5, 0.6) is 5.75 Å². The first-order valence-electron chi connectivity index (χ1n) is 9.09. The minimum absolute atomic E-state index is 0.262. The molecule has 7 nitrogen and oxygen atoms in total. The second kappa shape index (κ2) is 9.32. The van der Waals surface area contributed by atoms with Gasteiger partial charge in [0.05, 0.1) is 7.11 Å². The lowest BCUT2D eigenvalue weighted by Crippen LogP contribution is -2.44. The molecular weight excluding hydrogens is 408 g/mol. The maximum absolute atomic E-state index is 13.0. The Morgan fingerprint density at radius 2 is 2.14 bits per heavy atom. The van der Waals surface area contributed by atoms with Crippen molar-refractivity contribution in [2.24, 2.45) is 7.05 Å². The molecule has 1 unspecified atom stereocenters. The van der Waals surface area contributed by atoms with E-state index in [9.17, 15) is 9.59 Å². The van der Waals surface area contributed by atoms with Gasteiger partial charge < -0.3 is 19.9 Å². The summed E-state index contributed by atoms with van der Waals surface area (Å²) in [5.74, 6) is 0.925. The van der Waals surface area contributed by atoms with E-state index >= 15 is 0 Å². The van der Waals surface area contributed by atoms with Gasteiger partial charge in [-0.1, -0.05) is 0 Å². The third kappa shape index (κ3) is 4.91. The molecule has 1 atom stereocenters. The van der Waals surface area contributed by atoms with Crippen molar-refractivity contribution in [2.75, 3.05) is 24.4 Å². The molecule has 3 aromatic rings. The van der Waals surface area contributed by atoms with Crippen LogP contribution >= 0.6 is 23.1 Å². The van der Waals surface area contributed by atoms with Crippen molar-refractivity contribution in [3.05, 3.63) is 41.0 Å². The predicted octanol–water partition coefficient (Wildman–Crippen LogP) is 3.44. The number of aryl methyl sites for hydroxylation is 2. The van der Waals surface area contributed by atoms with Gasteiger partial charge in [0.2, 0.25) is 5.91 Å². The molecule has 29 heavy (non-hydrogen) atoms. The van der Waals surface area contributed by atoms with E-state index < -0.39 is 6.04 Å². The molecular formula is C20H24N4O3S2. The Kier molecular flexibility index (Phi) is 6.81. The Labute approximate surface area is 177 Å². The van der Waals surface area contributed by atoms with E-state index in [4.69, 9.17) is 4.74 Å². The Morgan fingerprint density at radius 1 is 1.34 bits per heavy atom. The summed E-state index contributed by atoms with van der Waals surface area (Å²) in [6, 6.07) is 6.81. The topological polar surface area (TPSA) is 85.2 Å². The van der Waals surface area contributed by atoms with Gasteiger partial charge in [-0.05, 0) is 49.6 Å². The summed E-state index contributed by atoms with van der Waals surface area (Å²) < 4.78 is 7.08. The number of ether oxygens (including phenoxy) is 1. The number of thioether (sulfide) groups is 1. The van der Waals surface area contributed by atoms with Crippen LogP contribution in [0.1, 0.15) is 21.8 Å². The van der Waals surface area contributed by atoms with E-state index in [-0.39, 0.29) is 11.8 Å². The second-order valence-electron chi connectivity index (χ2n) is 6.59. The third-order valence-corrected chi connectivity index (χ3v) is 6.04. The number of methoxy groups -OCH3 is 1. The molecule has 0 aliphatic carbocycles. The number of carbonyl (C=O) groups excluding carboxylic acids is 2. The van der Waals surface area contributed by atoms with Crippen molar-refractivity contribution >= 4 is 50.9 Å². The molecule has 0 bridgehead atoms. The normalized spacial score (nSPS) is 12.0. The number of fused-ring (bicyclic) bond motifs is 1. The number of amides is 2. The number of hydrogen-bond acceptors (Lipinski definition) is 6. The molecule has 2 amide bonds. The number of rotatable bonds is 8. The van der Waals surface area contributed by atoms with E-state index in [0.717, 1.165) is 27.3 Å². The Hall–Kier alpha value is -2.52. The van der Waals surface area contributed by atoms with E-state index in [1.54, 1.807) is 31.1 Å². The monoisotopic (exact) mass is 432 g/mol. The highest BCUT2D eigenvalue weighted by molar-refractivity contribution is 7.98. The van der Waals surface area contributed by atoms with Gasteiger partial charge in [-0.2, -0.15) is 11.8 Å². The molecule has 9 heteroatoms. The molecule has 1 aromatic carbocycles. The van der Waals surface area contributed by atoms with Gasteiger partial charge in [0.15, 0.2) is 5.13 Å². The van der Waals surface area contributed by atoms with Gasteiger partial charge in [-0.15, -0.1) is 11.3 Å². The minimum Gasteiger partial charge on any atom is -0.497 e. The highest BCUT2D eigenvalue weighted by Gasteiger charge is 2.24. The van der Waals surface area contributed by atoms with Crippen LogP contribution < -0.4 is 15.4 Å². The van der Waals surface area contributed by atoms with Crippen LogP contribution in [-0.2, 0) is 11.8 Å². The number of thiazole rings is 1. The van der Waals surface area contributed by atoms with Gasteiger partial charge in [-0.25, -0.2) is 4.98 Å². The molecule has 0 saturated heterocycles. The van der Waals surface area contributed by atoms with Crippen LogP contribution in [0.25, 0.3) is 10.9 Å². The number of nitrogens with zero attached hydrogens (tertiary/aromatic N) is 2. The van der Waals surface area contributed by atoms with Gasteiger partial charge in [0.1, 0.15) is 17.5 Å². The number of benzene rings is 1. The summed E-state index contributed by atoms with van der Waals surface area (Å²) in [7, 11) is 3.44. The van der Waals surface area contributed by atoms with E-state index in [0.29, 0.717) is 17.2 Å². The smallest absolute Gasteiger partial charge is 0.268 e. The molecule has 3 rings (SSSR count). The minimum atomic E-state index is -0.647. The van der Waals surface area contributed by atoms with Crippen molar-refractivity contribution in [1.29, 1.82) is 0 Å². The fourth-order valence-corrected chi connectivity index (χ4v) is 4.15. The van der Waals surface area contributed by atoms with Crippen molar-refractivity contribution in [1.82, 2.24) is 14.9 Å². The zero-order valence-corrected chi connectivity index (χ0v) is 18.4. The summed E-state index contributed by atoms with van der Waals surface area (Å²) >= 11 is 3.03. The third-order valence-electron chi connectivity index (χ3n) is 4.57. The maximum Gasteiger partial charge on any atom is 0.268 e. The van der Waals surface area contributed by atoms with E-state index in [2.05, 4.69) is 15.6 Å². The molecule has 0 aliphatic rings. The number of anilines is 1. The van der Waals surface area contributed by atoms with E-state index in [1.165, 1.54) is 11.3 Å². The Bertz CT molecular complexity index is 1030. The molecule has 0 fully saturated rings. The Balaban J connectivity index is 1.79. The quantitative estimate of drug-likeness (QED) is 0.570. The van der Waals surface area contributed by atoms with E-state index in [1.807, 2.05) is 43.0 Å². The fraction of sp³-hybridized carbons (Fsp3) is 0.350. The van der Waals surface area contributed by atoms with Crippen LogP contribution in [-0.4, -0.2) is 46.5 Å². The second-order valence-corrected chi connectivity index (χ2v) is 8.81. The van der Waals surface area contributed by atoms with Crippen molar-refractivity contribution in [2.45, 2.75) is 19.4 Å². The van der Waals surface area contributed by atoms with Crippen molar-refractivity contribution < 1.29 is 14.3 Å². The van der Waals surface area contributed by atoms with Gasteiger partial charge >= 0.3 is 0 Å². The lowest BCUT2D eigenvalue weighted by atomic mass is 10.2. The standard InChI is InChI=1S/C20H24N4O3S2/c1-12-11-21-20(29-12)23-18(25)15(7-8-28-4)22-19(26)17-10-13-9-14(27-3)5-6-16(13)24(17)2/h5-6,9-11,15H,7-8H2,1-4H3,(H,22,26)(H,21,23,25). The summed E-state index contributed by atoms with van der Waals surface area (Å²) in [5, 5.41) is 7.13. The van der Waals surface area contributed by atoms with Gasteiger partial charge in [-0.3, -0.25) is 9.59 Å². The summed E-state index contributed by atoms with van der Waals surface area (Å²) in [6.45, 7) is 1.93.